The fourth-order valence-corrected chi connectivity index (χ4v) is 6.60. The number of rotatable bonds is 2. The van der Waals surface area contributed by atoms with Crippen molar-refractivity contribution in [3.05, 3.63) is 34.3 Å². The zero-order chi connectivity index (χ0) is 19.4. The van der Waals surface area contributed by atoms with Crippen LogP contribution < -0.4 is 0 Å². The molecule has 1 aliphatic rings. The summed E-state index contributed by atoms with van der Waals surface area (Å²) in [5.41, 5.74) is 9.10. The summed E-state index contributed by atoms with van der Waals surface area (Å²) in [6.07, 6.45) is 0. The topological polar surface area (TPSA) is 18.5 Å². The Hall–Kier alpha value is -0.978. The second-order valence-electron chi connectivity index (χ2n) is 8.30. The van der Waals surface area contributed by atoms with Crippen molar-refractivity contribution < 1.29 is 9.31 Å². The van der Waals surface area contributed by atoms with Crippen LogP contribution in [0, 0.1) is 28.2 Å². The molecule has 1 aliphatic heterocycles. The van der Waals surface area contributed by atoms with Crippen molar-refractivity contribution in [1.82, 2.24) is 0 Å². The molecule has 0 aromatic heterocycles. The van der Waals surface area contributed by atoms with Crippen LogP contribution in [0.5, 0.6) is 0 Å². The van der Waals surface area contributed by atoms with Crippen molar-refractivity contribution >= 4 is 31.1 Å². The van der Waals surface area contributed by atoms with Crippen molar-refractivity contribution in [3.63, 3.8) is 0 Å². The molecule has 0 atom stereocenters. The minimum Gasteiger partial charge on any atom is -0.400 e. The summed E-state index contributed by atoms with van der Waals surface area (Å²) in [5.74, 6) is 6.67. The normalized spacial score (nSPS) is 16.7. The van der Waals surface area contributed by atoms with Gasteiger partial charge in [-0.2, -0.15) is 0 Å². The van der Waals surface area contributed by atoms with E-state index in [2.05, 4.69) is 80.3 Å². The molecule has 0 N–H and O–H groups in total. The number of hydrogen-bond acceptors (Lipinski definition) is 2. The Morgan fingerprint density at radius 1 is 1.04 bits per heavy atom. The second kappa shape index (κ2) is 8.81. The summed E-state index contributed by atoms with van der Waals surface area (Å²) >= 11 is 3.59. The van der Waals surface area contributed by atoms with E-state index < -0.39 is 15.2 Å². The molecule has 2 nitrogen and oxygen atoms in total. The SMILES string of the molecule is CC(C)[Si](C#CB1OCC(C)(C)CO1)(C#Cc1ccccc1Br)C(C)C. The average Bonchev–Trinajstić information content (AvgIpc) is 2.57. The third-order valence-electron chi connectivity index (χ3n) is 4.75. The second-order valence-corrected chi connectivity index (χ2v) is 13.7. The molecule has 1 fully saturated rings. The molecule has 0 bridgehead atoms. The van der Waals surface area contributed by atoms with Crippen LogP contribution in [0.2, 0.25) is 11.1 Å². The van der Waals surface area contributed by atoms with Crippen LogP contribution in [0.1, 0.15) is 47.1 Å². The summed E-state index contributed by atoms with van der Waals surface area (Å²) in [7, 11) is -2.61. The van der Waals surface area contributed by atoms with Gasteiger partial charge in [-0.15, -0.1) is 11.1 Å². The van der Waals surface area contributed by atoms with E-state index in [4.69, 9.17) is 9.31 Å². The summed E-state index contributed by atoms with van der Waals surface area (Å²) in [5, 5.41) is 0. The molecule has 138 valence electrons. The summed E-state index contributed by atoms with van der Waals surface area (Å²) < 4.78 is 12.6. The monoisotopic (exact) mass is 430 g/mol. The molecule has 1 heterocycles. The maximum absolute atomic E-state index is 5.80. The van der Waals surface area contributed by atoms with Gasteiger partial charge in [0.05, 0.1) is 0 Å². The third kappa shape index (κ3) is 5.27. The van der Waals surface area contributed by atoms with E-state index in [0.29, 0.717) is 24.3 Å². The van der Waals surface area contributed by atoms with Crippen LogP contribution in [0.4, 0.5) is 0 Å². The van der Waals surface area contributed by atoms with Crippen molar-refractivity contribution in [2.75, 3.05) is 13.2 Å². The lowest BCUT2D eigenvalue weighted by Gasteiger charge is -2.32. The predicted molar refractivity (Wildman–Crippen MR) is 116 cm³/mol. The van der Waals surface area contributed by atoms with Gasteiger partial charge in [0.25, 0.3) is 0 Å². The molecular formula is C21H28BBrO2Si. The largest absolute Gasteiger partial charge is 0.549 e. The molecule has 1 aromatic rings. The Kier molecular flexibility index (Phi) is 7.22. The summed E-state index contributed by atoms with van der Waals surface area (Å²) in [6, 6.07) is 8.08. The lowest BCUT2D eigenvalue weighted by Crippen LogP contribution is -2.42. The van der Waals surface area contributed by atoms with Crippen LogP contribution in [0.25, 0.3) is 0 Å². The van der Waals surface area contributed by atoms with E-state index >= 15 is 0 Å². The molecule has 1 saturated heterocycles. The van der Waals surface area contributed by atoms with Gasteiger partial charge < -0.3 is 9.31 Å². The predicted octanol–water partition coefficient (Wildman–Crippen LogP) is 5.25. The molecule has 0 saturated carbocycles. The van der Waals surface area contributed by atoms with Gasteiger partial charge in [-0.3, -0.25) is 0 Å². The summed E-state index contributed by atoms with van der Waals surface area (Å²) in [4.78, 5) is 0. The maximum Gasteiger partial charge on any atom is 0.549 e. The van der Waals surface area contributed by atoms with Crippen LogP contribution in [-0.2, 0) is 9.31 Å². The highest BCUT2D eigenvalue weighted by Gasteiger charge is 2.39. The minimum absolute atomic E-state index is 0.0577. The van der Waals surface area contributed by atoms with Crippen molar-refractivity contribution in [3.8, 4) is 22.8 Å². The zero-order valence-electron chi connectivity index (χ0n) is 16.7. The molecule has 26 heavy (non-hydrogen) atoms. The van der Waals surface area contributed by atoms with E-state index in [1.165, 1.54) is 0 Å². The third-order valence-corrected chi connectivity index (χ3v) is 10.2. The average molecular weight is 431 g/mol. The molecule has 0 amide bonds. The number of hydrogen-bond donors (Lipinski definition) is 0. The molecule has 0 unspecified atom stereocenters. The molecule has 0 radical (unpaired) electrons. The molecule has 1 aromatic carbocycles. The van der Waals surface area contributed by atoms with E-state index in [1.807, 2.05) is 24.3 Å². The Morgan fingerprint density at radius 3 is 2.15 bits per heavy atom. The molecule has 5 heteroatoms. The first-order valence-corrected chi connectivity index (χ1v) is 12.1. The van der Waals surface area contributed by atoms with E-state index in [9.17, 15) is 0 Å². The van der Waals surface area contributed by atoms with Crippen LogP contribution in [-0.4, -0.2) is 28.4 Å². The lowest BCUT2D eigenvalue weighted by atomic mass is 9.85. The van der Waals surface area contributed by atoms with Crippen molar-refractivity contribution in [2.45, 2.75) is 52.6 Å². The van der Waals surface area contributed by atoms with E-state index in [1.54, 1.807) is 0 Å². The Bertz CT molecular complexity index is 735. The zero-order valence-corrected chi connectivity index (χ0v) is 19.2. The van der Waals surface area contributed by atoms with Crippen molar-refractivity contribution in [1.29, 1.82) is 0 Å². The Morgan fingerprint density at radius 2 is 1.62 bits per heavy atom. The number of halogens is 1. The smallest absolute Gasteiger partial charge is 0.400 e. The quantitative estimate of drug-likeness (QED) is 0.471. The Balaban J connectivity index is 2.33. The standard InChI is InChI=1S/C21H28BBrO2Si/c1-17(2)26(18(3)4,13-11-19-9-7-8-10-20(19)23)14-12-22-24-15-21(5,6)16-25-22/h7-10,17-18H,15-16H2,1-6H3. The number of benzene rings is 1. The van der Waals surface area contributed by atoms with Gasteiger partial charge in [0, 0.05) is 28.7 Å². The van der Waals surface area contributed by atoms with E-state index in [-0.39, 0.29) is 5.41 Å². The van der Waals surface area contributed by atoms with Crippen LogP contribution in [0.15, 0.2) is 28.7 Å². The molecule has 0 spiro atoms. The highest BCUT2D eigenvalue weighted by Crippen LogP contribution is 2.31. The van der Waals surface area contributed by atoms with Gasteiger partial charge in [0.2, 0.25) is 8.07 Å². The maximum atomic E-state index is 5.80. The highest BCUT2D eigenvalue weighted by atomic mass is 79.9. The lowest BCUT2D eigenvalue weighted by molar-refractivity contribution is 0.0348. The van der Waals surface area contributed by atoms with Crippen molar-refractivity contribution in [2.24, 2.45) is 5.41 Å². The first-order valence-electron chi connectivity index (χ1n) is 9.20. The first kappa shape index (κ1) is 21.3. The fourth-order valence-electron chi connectivity index (χ4n) is 2.96. The van der Waals surface area contributed by atoms with Crippen LogP contribution in [0.3, 0.4) is 0 Å². The fraction of sp³-hybridized carbons (Fsp3) is 0.524. The Labute approximate surface area is 168 Å². The van der Waals surface area contributed by atoms with Gasteiger partial charge >= 0.3 is 7.12 Å². The molecular weight excluding hydrogens is 403 g/mol. The van der Waals surface area contributed by atoms with Gasteiger partial charge in [-0.25, -0.2) is 0 Å². The van der Waals surface area contributed by atoms with Gasteiger partial charge in [-0.05, 0) is 39.1 Å². The van der Waals surface area contributed by atoms with Gasteiger partial charge in [-0.1, -0.05) is 65.4 Å². The van der Waals surface area contributed by atoms with Gasteiger partial charge in [0.15, 0.2) is 0 Å². The minimum atomic E-state index is -2.18. The molecule has 0 aliphatic carbocycles. The molecule has 2 rings (SSSR count). The van der Waals surface area contributed by atoms with Gasteiger partial charge in [0.1, 0.15) is 0 Å². The van der Waals surface area contributed by atoms with E-state index in [0.717, 1.165) is 10.0 Å². The highest BCUT2D eigenvalue weighted by molar-refractivity contribution is 9.10. The summed E-state index contributed by atoms with van der Waals surface area (Å²) in [6.45, 7) is 14.6. The van der Waals surface area contributed by atoms with Crippen LogP contribution >= 0.6 is 15.9 Å². The first-order chi connectivity index (χ1) is 12.2.